The minimum Gasteiger partial charge on any atom is -0.349 e. The fraction of sp³-hybridized carbons (Fsp3) is 0.533. The van der Waals surface area contributed by atoms with Gasteiger partial charge in [0.2, 0.25) is 5.91 Å². The van der Waals surface area contributed by atoms with Crippen LogP contribution in [0.2, 0.25) is 0 Å². The van der Waals surface area contributed by atoms with Gasteiger partial charge in [-0.05, 0) is 32.4 Å². The van der Waals surface area contributed by atoms with Crippen LogP contribution in [0.4, 0.5) is 0 Å². The molecule has 0 bridgehead atoms. The first-order chi connectivity index (χ1) is 10.7. The summed E-state index contributed by atoms with van der Waals surface area (Å²) < 4.78 is 1.71. The normalized spacial score (nSPS) is 18.3. The molecule has 22 heavy (non-hydrogen) atoms. The Kier molecular flexibility index (Phi) is 4.53. The number of carbonyl (C=O) groups excluding carboxylic acids is 1. The lowest BCUT2D eigenvalue weighted by Crippen LogP contribution is -2.29. The van der Waals surface area contributed by atoms with Gasteiger partial charge in [-0.2, -0.15) is 5.10 Å². The van der Waals surface area contributed by atoms with Crippen LogP contribution in [0.1, 0.15) is 35.8 Å². The Morgan fingerprint density at radius 2 is 2.45 bits per heavy atom. The molecule has 1 aliphatic rings. The molecule has 1 aliphatic heterocycles. The molecule has 0 aromatic carbocycles. The number of carbonyl (C=O) groups is 1. The fourth-order valence-electron chi connectivity index (χ4n) is 2.74. The zero-order chi connectivity index (χ0) is 15.4. The molecule has 3 heterocycles. The monoisotopic (exact) mass is 302 g/mol. The van der Waals surface area contributed by atoms with Crippen LogP contribution in [-0.4, -0.2) is 38.7 Å². The SMILES string of the molecule is Cc1[nH]cnc1CNC(=O)Cn1ccc(C2CCCNC2)n1. The average Bonchev–Trinajstić information content (AvgIpc) is 3.15. The van der Waals surface area contributed by atoms with E-state index in [1.807, 2.05) is 19.2 Å². The van der Waals surface area contributed by atoms with Crippen LogP contribution in [0.25, 0.3) is 0 Å². The van der Waals surface area contributed by atoms with E-state index in [1.54, 1.807) is 11.0 Å². The van der Waals surface area contributed by atoms with E-state index < -0.39 is 0 Å². The summed E-state index contributed by atoms with van der Waals surface area (Å²) in [6, 6.07) is 2.02. The number of H-pyrrole nitrogens is 1. The van der Waals surface area contributed by atoms with Gasteiger partial charge < -0.3 is 15.6 Å². The van der Waals surface area contributed by atoms with E-state index in [0.29, 0.717) is 12.5 Å². The van der Waals surface area contributed by atoms with Crippen molar-refractivity contribution in [3.05, 3.63) is 35.7 Å². The van der Waals surface area contributed by atoms with Gasteiger partial charge in [0.25, 0.3) is 0 Å². The lowest BCUT2D eigenvalue weighted by Gasteiger charge is -2.20. The van der Waals surface area contributed by atoms with E-state index >= 15 is 0 Å². The van der Waals surface area contributed by atoms with Crippen molar-refractivity contribution in [1.29, 1.82) is 0 Å². The Bertz CT molecular complexity index is 626. The maximum atomic E-state index is 12.0. The molecule has 1 atom stereocenters. The van der Waals surface area contributed by atoms with Crippen molar-refractivity contribution in [2.45, 2.75) is 38.8 Å². The highest BCUT2D eigenvalue weighted by Crippen LogP contribution is 2.21. The minimum absolute atomic E-state index is 0.0566. The molecule has 7 heteroatoms. The number of nitrogens with one attached hydrogen (secondary N) is 3. The molecule has 2 aromatic heterocycles. The lowest BCUT2D eigenvalue weighted by molar-refractivity contribution is -0.122. The topological polar surface area (TPSA) is 87.6 Å². The van der Waals surface area contributed by atoms with Gasteiger partial charge in [-0.25, -0.2) is 4.98 Å². The molecule has 0 saturated carbocycles. The van der Waals surface area contributed by atoms with Crippen molar-refractivity contribution in [3.8, 4) is 0 Å². The van der Waals surface area contributed by atoms with Crippen LogP contribution in [0.15, 0.2) is 18.6 Å². The third kappa shape index (κ3) is 3.54. The second-order valence-corrected chi connectivity index (χ2v) is 5.73. The number of amides is 1. The van der Waals surface area contributed by atoms with Gasteiger partial charge >= 0.3 is 0 Å². The second-order valence-electron chi connectivity index (χ2n) is 5.73. The number of piperidine rings is 1. The second kappa shape index (κ2) is 6.74. The molecular formula is C15H22N6O. The predicted molar refractivity (Wildman–Crippen MR) is 82.2 cm³/mol. The Balaban J connectivity index is 1.51. The molecular weight excluding hydrogens is 280 g/mol. The molecule has 1 unspecified atom stereocenters. The summed E-state index contributed by atoms with van der Waals surface area (Å²) in [7, 11) is 0. The van der Waals surface area contributed by atoms with Crippen LogP contribution in [0.3, 0.4) is 0 Å². The third-order valence-electron chi connectivity index (χ3n) is 4.07. The summed E-state index contributed by atoms with van der Waals surface area (Å²) in [6.07, 6.45) is 5.85. The number of aromatic amines is 1. The van der Waals surface area contributed by atoms with Gasteiger partial charge in [-0.3, -0.25) is 9.48 Å². The van der Waals surface area contributed by atoms with Crippen LogP contribution in [0, 0.1) is 6.92 Å². The van der Waals surface area contributed by atoms with Crippen molar-refractivity contribution in [1.82, 2.24) is 30.4 Å². The Hall–Kier alpha value is -2.15. The Morgan fingerprint density at radius 1 is 1.55 bits per heavy atom. The number of aryl methyl sites for hydroxylation is 1. The average molecular weight is 302 g/mol. The molecule has 7 nitrogen and oxygen atoms in total. The number of rotatable bonds is 5. The lowest BCUT2D eigenvalue weighted by atomic mass is 9.97. The minimum atomic E-state index is -0.0566. The van der Waals surface area contributed by atoms with Gasteiger partial charge in [0, 0.05) is 24.4 Å². The maximum absolute atomic E-state index is 12.0. The zero-order valence-corrected chi connectivity index (χ0v) is 12.8. The standard InChI is InChI=1S/C15H22N6O/c1-11-14(19-10-18-11)8-17-15(22)9-21-6-4-13(20-21)12-3-2-5-16-7-12/h4,6,10,12,16H,2-3,5,7-9H2,1H3,(H,17,22)(H,18,19). The van der Waals surface area contributed by atoms with Gasteiger partial charge in [0.15, 0.2) is 0 Å². The molecule has 2 aromatic rings. The summed E-state index contributed by atoms with van der Waals surface area (Å²) in [5.41, 5.74) is 2.91. The fourth-order valence-corrected chi connectivity index (χ4v) is 2.74. The summed E-state index contributed by atoms with van der Waals surface area (Å²) >= 11 is 0. The smallest absolute Gasteiger partial charge is 0.242 e. The number of hydrogen-bond acceptors (Lipinski definition) is 4. The van der Waals surface area contributed by atoms with E-state index in [2.05, 4.69) is 25.7 Å². The highest BCUT2D eigenvalue weighted by atomic mass is 16.2. The van der Waals surface area contributed by atoms with Gasteiger partial charge in [0.05, 0.1) is 24.3 Å². The van der Waals surface area contributed by atoms with Gasteiger partial charge in [-0.1, -0.05) is 0 Å². The molecule has 1 amide bonds. The zero-order valence-electron chi connectivity index (χ0n) is 12.8. The van der Waals surface area contributed by atoms with Crippen LogP contribution in [-0.2, 0) is 17.9 Å². The first-order valence-corrected chi connectivity index (χ1v) is 7.72. The van der Waals surface area contributed by atoms with Gasteiger partial charge in [0.1, 0.15) is 6.54 Å². The van der Waals surface area contributed by atoms with E-state index in [4.69, 9.17) is 0 Å². The molecule has 1 fully saturated rings. The molecule has 0 radical (unpaired) electrons. The Labute approximate surface area is 129 Å². The number of nitrogens with zero attached hydrogens (tertiary/aromatic N) is 3. The first kappa shape index (κ1) is 14.8. The van der Waals surface area contributed by atoms with Crippen molar-refractivity contribution in [2.24, 2.45) is 0 Å². The number of hydrogen-bond donors (Lipinski definition) is 3. The van der Waals surface area contributed by atoms with E-state index in [0.717, 1.165) is 36.6 Å². The van der Waals surface area contributed by atoms with Crippen LogP contribution >= 0.6 is 0 Å². The number of aromatic nitrogens is 4. The predicted octanol–water partition coefficient (Wildman–Crippen LogP) is 0.698. The van der Waals surface area contributed by atoms with Gasteiger partial charge in [-0.15, -0.1) is 0 Å². The quantitative estimate of drug-likeness (QED) is 0.758. The molecule has 0 spiro atoms. The molecule has 3 N–H and O–H groups in total. The third-order valence-corrected chi connectivity index (χ3v) is 4.07. The first-order valence-electron chi connectivity index (χ1n) is 7.72. The highest BCUT2D eigenvalue weighted by molar-refractivity contribution is 5.75. The van der Waals surface area contributed by atoms with Crippen molar-refractivity contribution < 1.29 is 4.79 Å². The summed E-state index contributed by atoms with van der Waals surface area (Å²) in [5, 5.41) is 10.8. The van der Waals surface area contributed by atoms with Crippen molar-refractivity contribution in [2.75, 3.05) is 13.1 Å². The van der Waals surface area contributed by atoms with E-state index in [-0.39, 0.29) is 12.5 Å². The summed E-state index contributed by atoms with van der Waals surface area (Å²) in [5.74, 6) is 0.406. The largest absolute Gasteiger partial charge is 0.349 e. The van der Waals surface area contributed by atoms with Crippen molar-refractivity contribution >= 4 is 5.91 Å². The molecule has 1 saturated heterocycles. The molecule has 118 valence electrons. The molecule has 3 rings (SSSR count). The van der Waals surface area contributed by atoms with E-state index in [9.17, 15) is 4.79 Å². The van der Waals surface area contributed by atoms with Crippen molar-refractivity contribution in [3.63, 3.8) is 0 Å². The van der Waals surface area contributed by atoms with Crippen LogP contribution in [0.5, 0.6) is 0 Å². The van der Waals surface area contributed by atoms with E-state index in [1.165, 1.54) is 6.42 Å². The van der Waals surface area contributed by atoms with Crippen LogP contribution < -0.4 is 10.6 Å². The molecule has 0 aliphatic carbocycles. The Morgan fingerprint density at radius 3 is 3.18 bits per heavy atom. The summed E-state index contributed by atoms with van der Waals surface area (Å²) in [4.78, 5) is 19.1. The highest BCUT2D eigenvalue weighted by Gasteiger charge is 2.17. The maximum Gasteiger partial charge on any atom is 0.242 e. The number of imidazole rings is 1. The summed E-state index contributed by atoms with van der Waals surface area (Å²) in [6.45, 7) is 4.68.